The zero-order chi connectivity index (χ0) is 18.8. The third kappa shape index (κ3) is 3.62. The summed E-state index contributed by atoms with van der Waals surface area (Å²) in [4.78, 5) is 16.4. The maximum atomic E-state index is 13.3. The fourth-order valence-corrected chi connectivity index (χ4v) is 3.20. The van der Waals surface area contributed by atoms with Gasteiger partial charge in [0.25, 0.3) is 0 Å². The van der Waals surface area contributed by atoms with Crippen LogP contribution in [0, 0.1) is 5.82 Å². The van der Waals surface area contributed by atoms with Crippen LogP contribution in [0.5, 0.6) is 5.75 Å². The van der Waals surface area contributed by atoms with E-state index in [-0.39, 0.29) is 24.0 Å². The van der Waals surface area contributed by atoms with Crippen molar-refractivity contribution >= 4 is 6.03 Å². The molecule has 0 aliphatic carbocycles. The Hall–Kier alpha value is -3.35. The number of aromatic nitrogens is 2. The third-order valence-corrected chi connectivity index (χ3v) is 4.55. The lowest BCUT2D eigenvalue weighted by atomic mass is 10.0. The smallest absolute Gasteiger partial charge is 0.315 e. The first-order valence-electron chi connectivity index (χ1n) is 8.68. The Bertz CT molecular complexity index is 958. The minimum atomic E-state index is -0.358. The van der Waals surface area contributed by atoms with Gasteiger partial charge < -0.3 is 19.9 Å². The Morgan fingerprint density at radius 2 is 2.19 bits per heavy atom. The van der Waals surface area contributed by atoms with Crippen LogP contribution in [0.3, 0.4) is 0 Å². The van der Waals surface area contributed by atoms with Crippen molar-refractivity contribution in [2.24, 2.45) is 0 Å². The largest absolute Gasteiger partial charge is 0.488 e. The summed E-state index contributed by atoms with van der Waals surface area (Å²) in [5.41, 5.74) is 2.72. The van der Waals surface area contributed by atoms with Crippen LogP contribution in [-0.4, -0.2) is 21.7 Å². The highest BCUT2D eigenvalue weighted by molar-refractivity contribution is 5.75. The van der Waals surface area contributed by atoms with Crippen LogP contribution in [0.4, 0.5) is 9.18 Å². The first-order valence-corrected chi connectivity index (χ1v) is 8.68. The van der Waals surface area contributed by atoms with E-state index in [1.807, 2.05) is 42.0 Å². The Balaban J connectivity index is 1.39. The van der Waals surface area contributed by atoms with Crippen LogP contribution < -0.4 is 15.4 Å². The molecule has 0 fully saturated rings. The predicted octanol–water partition coefficient (Wildman–Crippen LogP) is 3.33. The number of rotatable bonds is 4. The van der Waals surface area contributed by atoms with E-state index in [1.54, 1.807) is 18.6 Å². The van der Waals surface area contributed by atoms with Crippen LogP contribution in [0.2, 0.25) is 0 Å². The summed E-state index contributed by atoms with van der Waals surface area (Å²) in [6, 6.07) is 11.6. The highest BCUT2D eigenvalue weighted by Gasteiger charge is 2.32. The first kappa shape index (κ1) is 17.1. The van der Waals surface area contributed by atoms with Gasteiger partial charge in [-0.2, -0.15) is 0 Å². The molecule has 138 valence electrons. The molecule has 2 N–H and O–H groups in total. The topological polar surface area (TPSA) is 68.2 Å². The third-order valence-electron chi connectivity index (χ3n) is 4.55. The number of urea groups is 1. The summed E-state index contributed by atoms with van der Waals surface area (Å²) in [6.07, 6.45) is 5.03. The molecule has 0 bridgehead atoms. The number of nitrogens with zero attached hydrogens (tertiary/aromatic N) is 2. The van der Waals surface area contributed by atoms with Gasteiger partial charge in [-0.1, -0.05) is 18.2 Å². The molecule has 0 spiro atoms. The second-order valence-electron chi connectivity index (χ2n) is 6.45. The molecule has 2 amide bonds. The Morgan fingerprint density at radius 3 is 3.00 bits per heavy atom. The normalized spacial score (nSPS) is 17.9. The standard InChI is InChI=1S/C20H19FN4O2/c1-13-19(17-6-5-15(21)10-18(17)27-13)24-20(26)23-11-14-3-2-4-16(9-14)25-8-7-22-12-25/h2-10,12-13,19H,11H2,1H3,(H2,23,24,26). The van der Waals surface area contributed by atoms with E-state index in [9.17, 15) is 9.18 Å². The van der Waals surface area contributed by atoms with Gasteiger partial charge in [-0.3, -0.25) is 0 Å². The minimum Gasteiger partial charge on any atom is -0.488 e. The zero-order valence-corrected chi connectivity index (χ0v) is 14.7. The van der Waals surface area contributed by atoms with Crippen LogP contribution in [0.15, 0.2) is 61.2 Å². The van der Waals surface area contributed by atoms with E-state index in [4.69, 9.17) is 4.74 Å². The second-order valence-corrected chi connectivity index (χ2v) is 6.45. The summed E-state index contributed by atoms with van der Waals surface area (Å²) in [5.74, 6) is 0.115. The van der Waals surface area contributed by atoms with E-state index in [0.717, 1.165) is 16.8 Å². The summed E-state index contributed by atoms with van der Waals surface area (Å²) in [7, 11) is 0. The first-order chi connectivity index (χ1) is 13.1. The van der Waals surface area contributed by atoms with Crippen molar-refractivity contribution in [1.82, 2.24) is 20.2 Å². The molecule has 4 rings (SSSR count). The van der Waals surface area contributed by atoms with Crippen LogP contribution in [0.1, 0.15) is 24.1 Å². The summed E-state index contributed by atoms with van der Waals surface area (Å²) in [6.45, 7) is 2.23. The van der Waals surface area contributed by atoms with Gasteiger partial charge in [0.15, 0.2) is 0 Å². The number of carbonyl (C=O) groups is 1. The molecule has 2 aromatic carbocycles. The van der Waals surface area contributed by atoms with Crippen LogP contribution in [-0.2, 0) is 6.54 Å². The monoisotopic (exact) mass is 366 g/mol. The van der Waals surface area contributed by atoms with Gasteiger partial charge in [0.2, 0.25) is 0 Å². The van der Waals surface area contributed by atoms with Crippen molar-refractivity contribution in [1.29, 1.82) is 0 Å². The molecule has 0 radical (unpaired) electrons. The quantitative estimate of drug-likeness (QED) is 0.744. The molecule has 3 aromatic rings. The van der Waals surface area contributed by atoms with Crippen molar-refractivity contribution in [2.75, 3.05) is 0 Å². The molecular weight excluding hydrogens is 347 g/mol. The fraction of sp³-hybridized carbons (Fsp3) is 0.200. The van der Waals surface area contributed by atoms with Gasteiger partial charge in [-0.25, -0.2) is 14.2 Å². The van der Waals surface area contributed by atoms with E-state index in [1.165, 1.54) is 12.1 Å². The SMILES string of the molecule is CC1Oc2cc(F)ccc2C1NC(=O)NCc1cccc(-n2ccnc2)c1. The lowest BCUT2D eigenvalue weighted by Gasteiger charge is -2.17. The summed E-state index contributed by atoms with van der Waals surface area (Å²) >= 11 is 0. The number of imidazole rings is 1. The predicted molar refractivity (Wildman–Crippen MR) is 98.2 cm³/mol. The molecular formula is C20H19FN4O2. The van der Waals surface area contributed by atoms with E-state index < -0.39 is 0 Å². The molecule has 7 heteroatoms. The Morgan fingerprint density at radius 1 is 1.30 bits per heavy atom. The number of fused-ring (bicyclic) bond motifs is 1. The average molecular weight is 366 g/mol. The highest BCUT2D eigenvalue weighted by Crippen LogP contribution is 2.36. The molecule has 0 saturated heterocycles. The Labute approximate surface area is 156 Å². The molecule has 2 unspecified atom stereocenters. The second kappa shape index (κ2) is 7.11. The number of amides is 2. The molecule has 2 atom stereocenters. The van der Waals surface area contributed by atoms with Crippen molar-refractivity contribution < 1.29 is 13.9 Å². The molecule has 1 aromatic heterocycles. The molecule has 1 aliphatic rings. The molecule has 27 heavy (non-hydrogen) atoms. The molecule has 1 aliphatic heterocycles. The van der Waals surface area contributed by atoms with E-state index in [2.05, 4.69) is 15.6 Å². The number of hydrogen-bond acceptors (Lipinski definition) is 3. The number of halogens is 1. The zero-order valence-electron chi connectivity index (χ0n) is 14.7. The average Bonchev–Trinajstić information content (AvgIpc) is 3.29. The van der Waals surface area contributed by atoms with Gasteiger partial charge in [0, 0.05) is 36.3 Å². The number of benzene rings is 2. The molecule has 2 heterocycles. The number of carbonyl (C=O) groups excluding carboxylic acids is 1. The van der Waals surface area contributed by atoms with Gasteiger partial charge in [-0.15, -0.1) is 0 Å². The summed E-state index contributed by atoms with van der Waals surface area (Å²) in [5, 5.41) is 5.76. The van der Waals surface area contributed by atoms with Crippen molar-refractivity contribution in [3.8, 4) is 11.4 Å². The number of ether oxygens (including phenoxy) is 1. The number of hydrogen-bond donors (Lipinski definition) is 2. The highest BCUT2D eigenvalue weighted by atomic mass is 19.1. The minimum absolute atomic E-state index is 0.267. The van der Waals surface area contributed by atoms with Crippen LogP contribution in [0.25, 0.3) is 5.69 Å². The van der Waals surface area contributed by atoms with Crippen molar-refractivity contribution in [3.63, 3.8) is 0 Å². The van der Waals surface area contributed by atoms with Gasteiger partial charge in [0.1, 0.15) is 17.7 Å². The maximum Gasteiger partial charge on any atom is 0.315 e. The summed E-state index contributed by atoms with van der Waals surface area (Å²) < 4.78 is 20.9. The number of nitrogens with one attached hydrogen (secondary N) is 2. The Kier molecular flexibility index (Phi) is 4.50. The molecule has 6 nitrogen and oxygen atoms in total. The lowest BCUT2D eigenvalue weighted by molar-refractivity contribution is 0.199. The maximum absolute atomic E-state index is 13.3. The van der Waals surface area contributed by atoms with E-state index in [0.29, 0.717) is 12.3 Å². The van der Waals surface area contributed by atoms with Crippen molar-refractivity contribution in [3.05, 3.63) is 78.1 Å². The fourth-order valence-electron chi connectivity index (χ4n) is 3.20. The van der Waals surface area contributed by atoms with Gasteiger partial charge in [-0.05, 0) is 30.7 Å². The molecule has 0 saturated carbocycles. The van der Waals surface area contributed by atoms with E-state index >= 15 is 0 Å². The van der Waals surface area contributed by atoms with Gasteiger partial charge >= 0.3 is 6.03 Å². The van der Waals surface area contributed by atoms with Crippen LogP contribution >= 0.6 is 0 Å². The van der Waals surface area contributed by atoms with Gasteiger partial charge in [0.05, 0.1) is 12.4 Å². The lowest BCUT2D eigenvalue weighted by Crippen LogP contribution is -2.40. The van der Waals surface area contributed by atoms with Crippen molar-refractivity contribution in [2.45, 2.75) is 25.6 Å².